The summed E-state index contributed by atoms with van der Waals surface area (Å²) in [5.74, 6) is 0.241. The van der Waals surface area contributed by atoms with Crippen molar-refractivity contribution in [2.75, 3.05) is 4.31 Å². The summed E-state index contributed by atoms with van der Waals surface area (Å²) in [6, 6.07) is 13.2. The Morgan fingerprint density at radius 2 is 2.06 bits per heavy atom. The van der Waals surface area contributed by atoms with Gasteiger partial charge in [-0.25, -0.2) is 9.19 Å². The smallest absolute Gasteiger partial charge is 0.249 e. The average Bonchev–Trinajstić information content (AvgIpc) is 3.22. The zero-order valence-corrected chi connectivity index (χ0v) is 20.1. The van der Waals surface area contributed by atoms with Gasteiger partial charge in [0.15, 0.2) is 11.0 Å². The SMILES string of the molecule is Cn1c(CN(c2ccc(C(N)=O)c(C3=C=C=CC=C3)c2)S(=O)C2=CCCC=C2)nc2ccccc21. The average molecular weight is 481 g/mol. The Morgan fingerprint density at radius 3 is 2.77 bits per heavy atom. The van der Waals surface area contributed by atoms with Crippen LogP contribution in [0.4, 0.5) is 5.69 Å². The molecule has 0 saturated carbocycles. The summed E-state index contributed by atoms with van der Waals surface area (Å²) in [5.41, 5.74) is 15.9. The number of hydrogen-bond donors (Lipinski definition) is 1. The molecule has 1 unspecified atom stereocenters. The van der Waals surface area contributed by atoms with E-state index >= 15 is 0 Å². The van der Waals surface area contributed by atoms with Crippen molar-refractivity contribution in [3.63, 3.8) is 0 Å². The molecule has 6 nitrogen and oxygen atoms in total. The van der Waals surface area contributed by atoms with Gasteiger partial charge in [0.1, 0.15) is 5.82 Å². The highest BCUT2D eigenvalue weighted by molar-refractivity contribution is 7.90. The van der Waals surface area contributed by atoms with Gasteiger partial charge >= 0.3 is 0 Å². The van der Waals surface area contributed by atoms with E-state index < -0.39 is 16.9 Å². The van der Waals surface area contributed by atoms with Gasteiger partial charge in [-0.3, -0.25) is 9.10 Å². The molecule has 174 valence electrons. The first-order valence-corrected chi connectivity index (χ1v) is 12.4. The van der Waals surface area contributed by atoms with Crippen LogP contribution in [0.1, 0.15) is 34.6 Å². The number of anilines is 1. The molecule has 2 N–H and O–H groups in total. The van der Waals surface area contributed by atoms with Crippen LogP contribution in [0.2, 0.25) is 0 Å². The molecule has 7 heteroatoms. The maximum atomic E-state index is 13.9. The molecule has 1 aromatic heterocycles. The lowest BCUT2D eigenvalue weighted by Gasteiger charge is -2.25. The lowest BCUT2D eigenvalue weighted by atomic mass is 9.97. The van der Waals surface area contributed by atoms with E-state index in [1.54, 1.807) is 18.2 Å². The van der Waals surface area contributed by atoms with Crippen LogP contribution in [0.5, 0.6) is 0 Å². The molecule has 1 heterocycles. The van der Waals surface area contributed by atoms with Gasteiger partial charge in [-0.15, -0.1) is 0 Å². The molecule has 3 aromatic rings. The van der Waals surface area contributed by atoms with Gasteiger partial charge in [-0.05, 0) is 61.4 Å². The molecule has 0 fully saturated rings. The van der Waals surface area contributed by atoms with E-state index in [4.69, 9.17) is 10.7 Å². The minimum absolute atomic E-state index is 0.308. The van der Waals surface area contributed by atoms with Crippen LogP contribution in [-0.2, 0) is 24.6 Å². The van der Waals surface area contributed by atoms with Gasteiger partial charge in [0.25, 0.3) is 0 Å². The highest BCUT2D eigenvalue weighted by Gasteiger charge is 2.23. The van der Waals surface area contributed by atoms with Gasteiger partial charge < -0.3 is 10.3 Å². The van der Waals surface area contributed by atoms with Crippen molar-refractivity contribution < 1.29 is 9.00 Å². The van der Waals surface area contributed by atoms with Crippen LogP contribution >= 0.6 is 0 Å². The van der Waals surface area contributed by atoms with Crippen molar-refractivity contribution in [1.82, 2.24) is 9.55 Å². The molecule has 2 aliphatic carbocycles. The number of hydrogen-bond acceptors (Lipinski definition) is 3. The first kappa shape index (κ1) is 22.6. The normalized spacial score (nSPS) is 15.2. The van der Waals surface area contributed by atoms with Crippen molar-refractivity contribution in [2.24, 2.45) is 12.8 Å². The molecule has 35 heavy (non-hydrogen) atoms. The monoisotopic (exact) mass is 480 g/mol. The van der Waals surface area contributed by atoms with Crippen LogP contribution < -0.4 is 10.0 Å². The van der Waals surface area contributed by atoms with E-state index in [1.807, 2.05) is 76.6 Å². The van der Waals surface area contributed by atoms with Crippen LogP contribution in [0, 0.1) is 0 Å². The number of primary amides is 1. The zero-order valence-electron chi connectivity index (χ0n) is 19.3. The number of para-hydroxylation sites is 2. The third-order valence-corrected chi connectivity index (χ3v) is 7.47. The van der Waals surface area contributed by atoms with Gasteiger partial charge in [-0.2, -0.15) is 0 Å². The molecule has 5 rings (SSSR count). The number of benzene rings is 2. The third-order valence-electron chi connectivity index (χ3n) is 6.02. The molecule has 0 aliphatic heterocycles. The Balaban J connectivity index is 1.64. The van der Waals surface area contributed by atoms with Crippen LogP contribution in [0.15, 0.2) is 95.3 Å². The molecule has 2 aliphatic rings. The molecular formula is C28H24N4O2S. The van der Waals surface area contributed by atoms with E-state index in [2.05, 4.69) is 11.5 Å². The molecule has 0 radical (unpaired) electrons. The minimum atomic E-state index is -1.49. The number of amides is 1. The number of rotatable bonds is 7. The predicted molar refractivity (Wildman–Crippen MR) is 141 cm³/mol. The summed E-state index contributed by atoms with van der Waals surface area (Å²) in [5, 5.41) is 0. The van der Waals surface area contributed by atoms with Crippen molar-refractivity contribution in [3.05, 3.63) is 112 Å². The number of carbonyl (C=O) groups is 1. The number of carbonyl (C=O) groups excluding carboxylic acids is 1. The summed E-state index contributed by atoms with van der Waals surface area (Å²) in [4.78, 5) is 17.7. The zero-order chi connectivity index (χ0) is 24.4. The van der Waals surface area contributed by atoms with E-state index in [1.165, 1.54) is 0 Å². The summed E-state index contributed by atoms with van der Waals surface area (Å²) in [7, 11) is 0.473. The van der Waals surface area contributed by atoms with Crippen LogP contribution in [0.3, 0.4) is 0 Å². The van der Waals surface area contributed by atoms with Crippen LogP contribution in [0.25, 0.3) is 16.6 Å². The topological polar surface area (TPSA) is 81.2 Å². The number of aryl methyl sites for hydroxylation is 1. The summed E-state index contributed by atoms with van der Waals surface area (Å²) in [6.45, 7) is 0.308. The highest BCUT2D eigenvalue weighted by Crippen LogP contribution is 2.31. The lowest BCUT2D eigenvalue weighted by Crippen LogP contribution is -2.28. The molecule has 1 atom stereocenters. The lowest BCUT2D eigenvalue weighted by molar-refractivity contribution is 0.1000. The largest absolute Gasteiger partial charge is 0.366 e. The maximum Gasteiger partial charge on any atom is 0.249 e. The van der Waals surface area contributed by atoms with Gasteiger partial charge in [0, 0.05) is 23.7 Å². The first-order valence-electron chi connectivity index (χ1n) is 11.3. The Morgan fingerprint density at radius 1 is 1.20 bits per heavy atom. The van der Waals surface area contributed by atoms with Crippen molar-refractivity contribution in [2.45, 2.75) is 19.4 Å². The van der Waals surface area contributed by atoms with E-state index in [-0.39, 0.29) is 0 Å². The Hall–Kier alpha value is -4.15. The predicted octanol–water partition coefficient (Wildman–Crippen LogP) is 4.84. The third kappa shape index (κ3) is 4.48. The second-order valence-electron chi connectivity index (χ2n) is 8.25. The number of nitrogens with two attached hydrogens (primary N) is 1. The second kappa shape index (κ2) is 9.61. The maximum absolute atomic E-state index is 13.9. The van der Waals surface area contributed by atoms with Crippen molar-refractivity contribution in [1.29, 1.82) is 0 Å². The van der Waals surface area contributed by atoms with Gasteiger partial charge in [-0.1, -0.05) is 41.8 Å². The number of fused-ring (bicyclic) bond motifs is 1. The molecule has 1 amide bonds. The Bertz CT molecular complexity index is 1560. The minimum Gasteiger partial charge on any atom is -0.366 e. The summed E-state index contributed by atoms with van der Waals surface area (Å²) >= 11 is 0. The van der Waals surface area contributed by atoms with Gasteiger partial charge in [0.05, 0.1) is 28.2 Å². The van der Waals surface area contributed by atoms with E-state index in [9.17, 15) is 9.00 Å². The number of imidazole rings is 1. The van der Waals surface area contributed by atoms with E-state index in [0.29, 0.717) is 28.9 Å². The number of nitrogens with zero attached hydrogens (tertiary/aromatic N) is 3. The Labute approximate surface area is 206 Å². The van der Waals surface area contributed by atoms with Crippen molar-refractivity contribution >= 4 is 39.2 Å². The second-order valence-corrected chi connectivity index (χ2v) is 9.66. The molecule has 0 spiro atoms. The first-order chi connectivity index (χ1) is 17.0. The molecule has 0 bridgehead atoms. The van der Waals surface area contributed by atoms with Gasteiger partial charge in [0.2, 0.25) is 5.91 Å². The molecular weight excluding hydrogens is 456 g/mol. The summed E-state index contributed by atoms with van der Waals surface area (Å²) in [6.07, 6.45) is 13.2. The molecule has 2 aromatic carbocycles. The fraction of sp³-hybridized carbons (Fsp3) is 0.143. The number of allylic oxidation sites excluding steroid dienone is 7. The fourth-order valence-corrected chi connectivity index (χ4v) is 5.46. The quantitative estimate of drug-likeness (QED) is 0.492. The summed E-state index contributed by atoms with van der Waals surface area (Å²) < 4.78 is 17.7. The number of aromatic nitrogens is 2. The van der Waals surface area contributed by atoms with E-state index in [0.717, 1.165) is 34.6 Å². The van der Waals surface area contributed by atoms with Crippen molar-refractivity contribution in [3.8, 4) is 0 Å². The Kier molecular flexibility index (Phi) is 6.21. The van der Waals surface area contributed by atoms with Crippen LogP contribution in [-0.4, -0.2) is 19.7 Å². The highest BCUT2D eigenvalue weighted by atomic mass is 32.2. The standard InChI is InChI=1S/C28H24N4O2S/c1-31-26-15-9-8-14-25(26)30-27(31)19-32(35(34)22-12-6-3-7-13-22)21-16-17-23(28(29)33)24(18-21)20-10-4-2-5-11-20/h2,4,6,8-10,12-18H,3,7,19H2,1H3,(H2,29,33). The fourth-order valence-electron chi connectivity index (χ4n) is 4.19. The molecule has 0 saturated heterocycles.